The molecule has 3 rings (SSSR count). The van der Waals surface area contributed by atoms with E-state index in [9.17, 15) is 4.79 Å². The molecule has 96 valence electrons. The van der Waals surface area contributed by atoms with Crippen molar-refractivity contribution in [1.82, 2.24) is 10.9 Å². The number of nitrogens with one attached hydrogen (secondary N) is 3. The quantitative estimate of drug-likeness (QED) is 0.610. The van der Waals surface area contributed by atoms with Gasteiger partial charge in [-0.2, -0.15) is 0 Å². The molecule has 2 aliphatic heterocycles. The van der Waals surface area contributed by atoms with Crippen molar-refractivity contribution in [1.29, 1.82) is 0 Å². The highest BCUT2D eigenvalue weighted by Gasteiger charge is 2.25. The zero-order valence-electron chi connectivity index (χ0n) is 10.2. The Hall–Kier alpha value is -1.43. The third kappa shape index (κ3) is 2.12. The monoisotopic (exact) mass is 246 g/mol. The second-order valence-electron chi connectivity index (χ2n) is 4.97. The van der Waals surface area contributed by atoms with Crippen LogP contribution >= 0.6 is 0 Å². The van der Waals surface area contributed by atoms with Crippen molar-refractivity contribution >= 4 is 11.6 Å². The summed E-state index contributed by atoms with van der Waals surface area (Å²) in [6, 6.07) is 6.90. The summed E-state index contributed by atoms with van der Waals surface area (Å²) >= 11 is 0. The Labute approximate surface area is 106 Å². The Morgan fingerprint density at radius 2 is 2.17 bits per heavy atom. The van der Waals surface area contributed by atoms with Crippen molar-refractivity contribution in [3.63, 3.8) is 0 Å². The van der Waals surface area contributed by atoms with E-state index in [-0.39, 0.29) is 5.91 Å². The lowest BCUT2D eigenvalue weighted by Crippen LogP contribution is -2.35. The number of carbonyl (C=O) groups is 1. The summed E-state index contributed by atoms with van der Waals surface area (Å²) in [6.07, 6.45) is 2.41. The van der Waals surface area contributed by atoms with Crippen molar-refractivity contribution in [3.8, 4) is 0 Å². The van der Waals surface area contributed by atoms with Gasteiger partial charge >= 0.3 is 0 Å². The molecule has 0 spiro atoms. The molecule has 1 aromatic rings. The largest absolute Gasteiger partial charge is 0.329 e. The molecule has 2 unspecified atom stereocenters. The van der Waals surface area contributed by atoms with Gasteiger partial charge in [-0.25, -0.2) is 5.43 Å². The topological polar surface area (TPSA) is 79.2 Å². The van der Waals surface area contributed by atoms with E-state index in [0.717, 1.165) is 18.5 Å². The van der Waals surface area contributed by atoms with E-state index in [4.69, 9.17) is 5.73 Å². The summed E-state index contributed by atoms with van der Waals surface area (Å²) in [7, 11) is 0. The minimum Gasteiger partial charge on any atom is -0.329 e. The van der Waals surface area contributed by atoms with Crippen molar-refractivity contribution in [2.24, 2.45) is 5.73 Å². The first-order valence-corrected chi connectivity index (χ1v) is 6.40. The van der Waals surface area contributed by atoms with Crippen molar-refractivity contribution < 1.29 is 4.79 Å². The van der Waals surface area contributed by atoms with Crippen molar-refractivity contribution in [2.45, 2.75) is 31.3 Å². The highest BCUT2D eigenvalue weighted by molar-refractivity contribution is 5.93. The van der Waals surface area contributed by atoms with Gasteiger partial charge in [0.2, 0.25) is 5.91 Å². The molecule has 2 aliphatic rings. The second-order valence-corrected chi connectivity index (χ2v) is 4.97. The van der Waals surface area contributed by atoms with Crippen LogP contribution in [-0.2, 0) is 11.2 Å². The van der Waals surface area contributed by atoms with Gasteiger partial charge in [0.1, 0.15) is 0 Å². The Bertz CT molecular complexity index is 474. The van der Waals surface area contributed by atoms with Gasteiger partial charge in [-0.3, -0.25) is 10.2 Å². The molecule has 0 aromatic heterocycles. The van der Waals surface area contributed by atoms with Crippen LogP contribution < -0.4 is 21.9 Å². The van der Waals surface area contributed by atoms with Gasteiger partial charge in [-0.15, -0.1) is 0 Å². The zero-order chi connectivity index (χ0) is 12.5. The zero-order valence-corrected chi connectivity index (χ0v) is 10.2. The van der Waals surface area contributed by atoms with E-state index in [1.165, 1.54) is 11.1 Å². The fraction of sp³-hybridized carbons (Fsp3) is 0.462. The molecule has 5 nitrogen and oxygen atoms in total. The van der Waals surface area contributed by atoms with Crippen LogP contribution in [0.3, 0.4) is 0 Å². The van der Waals surface area contributed by atoms with Crippen LogP contribution in [0.25, 0.3) is 0 Å². The second kappa shape index (κ2) is 4.68. The summed E-state index contributed by atoms with van der Waals surface area (Å²) in [5.74, 6) is 0.110. The molecule has 1 saturated heterocycles. The van der Waals surface area contributed by atoms with E-state index in [1.807, 2.05) is 6.07 Å². The Morgan fingerprint density at radius 3 is 2.94 bits per heavy atom. The maximum absolute atomic E-state index is 11.3. The Morgan fingerprint density at radius 1 is 1.28 bits per heavy atom. The summed E-state index contributed by atoms with van der Waals surface area (Å²) in [5, 5.41) is 2.90. The lowest BCUT2D eigenvalue weighted by molar-refractivity contribution is -0.116. The average Bonchev–Trinajstić information content (AvgIpc) is 2.87. The van der Waals surface area contributed by atoms with E-state index in [1.54, 1.807) is 0 Å². The lowest BCUT2D eigenvalue weighted by atomic mass is 9.95. The molecule has 18 heavy (non-hydrogen) atoms. The van der Waals surface area contributed by atoms with E-state index >= 15 is 0 Å². The minimum atomic E-state index is 0.110. The van der Waals surface area contributed by atoms with Gasteiger partial charge in [0.25, 0.3) is 0 Å². The van der Waals surface area contributed by atoms with Crippen LogP contribution in [-0.4, -0.2) is 18.5 Å². The Balaban J connectivity index is 1.80. The normalized spacial score (nSPS) is 26.8. The van der Waals surface area contributed by atoms with Gasteiger partial charge in [-0.1, -0.05) is 12.1 Å². The molecule has 1 fully saturated rings. The molecule has 5 heteroatoms. The number of rotatable bonds is 2. The molecule has 2 atom stereocenters. The fourth-order valence-electron chi connectivity index (χ4n) is 2.62. The van der Waals surface area contributed by atoms with Crippen molar-refractivity contribution in [3.05, 3.63) is 29.3 Å². The van der Waals surface area contributed by atoms with E-state index in [0.29, 0.717) is 25.0 Å². The number of benzene rings is 1. The summed E-state index contributed by atoms with van der Waals surface area (Å²) in [5.41, 5.74) is 15.6. The molecule has 1 aromatic carbocycles. The Kier molecular flexibility index (Phi) is 3.03. The van der Waals surface area contributed by atoms with E-state index in [2.05, 4.69) is 28.3 Å². The predicted molar refractivity (Wildman–Crippen MR) is 69.9 cm³/mol. The molecule has 5 N–H and O–H groups in total. The molecule has 0 bridgehead atoms. The average molecular weight is 246 g/mol. The number of hydrogen-bond donors (Lipinski definition) is 4. The van der Waals surface area contributed by atoms with Crippen LogP contribution in [0.5, 0.6) is 0 Å². The fourth-order valence-corrected chi connectivity index (χ4v) is 2.62. The van der Waals surface area contributed by atoms with Gasteiger partial charge in [-0.05, 0) is 30.0 Å². The standard InChI is InChI=1S/C13H18N4O/c14-7-10-6-12(17-16-10)9-1-3-11-8(5-9)2-4-13(18)15-11/h1,3,5,10,12,16-17H,2,4,6-7,14H2,(H,15,18). The van der Waals surface area contributed by atoms with Crippen LogP contribution in [0, 0.1) is 0 Å². The molecule has 0 radical (unpaired) electrons. The molecule has 0 aliphatic carbocycles. The number of nitrogens with two attached hydrogens (primary N) is 1. The summed E-state index contributed by atoms with van der Waals surface area (Å²) in [6.45, 7) is 0.643. The lowest BCUT2D eigenvalue weighted by Gasteiger charge is -2.19. The first kappa shape index (κ1) is 11.6. The molecular formula is C13H18N4O. The molecule has 1 amide bonds. The first-order chi connectivity index (χ1) is 8.76. The molecule has 0 saturated carbocycles. The van der Waals surface area contributed by atoms with Crippen LogP contribution in [0.2, 0.25) is 0 Å². The number of carbonyl (C=O) groups excluding carboxylic acids is 1. The van der Waals surface area contributed by atoms with Crippen LogP contribution in [0.15, 0.2) is 18.2 Å². The highest BCUT2D eigenvalue weighted by atomic mass is 16.1. The molecular weight excluding hydrogens is 228 g/mol. The summed E-state index contributed by atoms with van der Waals surface area (Å²) < 4.78 is 0. The van der Waals surface area contributed by atoms with Gasteiger partial charge in [0, 0.05) is 30.7 Å². The minimum absolute atomic E-state index is 0.110. The number of fused-ring (bicyclic) bond motifs is 1. The third-order valence-corrected chi connectivity index (χ3v) is 3.69. The summed E-state index contributed by atoms with van der Waals surface area (Å²) in [4.78, 5) is 11.3. The van der Waals surface area contributed by atoms with Gasteiger partial charge < -0.3 is 11.1 Å². The maximum Gasteiger partial charge on any atom is 0.224 e. The maximum atomic E-state index is 11.3. The highest BCUT2D eigenvalue weighted by Crippen LogP contribution is 2.28. The number of hydrazine groups is 1. The van der Waals surface area contributed by atoms with Crippen LogP contribution in [0.4, 0.5) is 5.69 Å². The van der Waals surface area contributed by atoms with Crippen LogP contribution in [0.1, 0.15) is 30.0 Å². The number of anilines is 1. The number of hydrogen-bond acceptors (Lipinski definition) is 4. The van der Waals surface area contributed by atoms with Gasteiger partial charge in [0.05, 0.1) is 0 Å². The predicted octanol–water partition coefficient (Wildman–Crippen LogP) is 0.438. The number of amides is 1. The number of aryl methyl sites for hydroxylation is 1. The van der Waals surface area contributed by atoms with Gasteiger partial charge in [0.15, 0.2) is 0 Å². The van der Waals surface area contributed by atoms with Crippen molar-refractivity contribution in [2.75, 3.05) is 11.9 Å². The third-order valence-electron chi connectivity index (χ3n) is 3.69. The smallest absolute Gasteiger partial charge is 0.224 e. The molecule has 2 heterocycles. The SMILES string of the molecule is NCC1CC(c2ccc3c(c2)CCC(=O)N3)NN1. The first-order valence-electron chi connectivity index (χ1n) is 6.40. The van der Waals surface area contributed by atoms with E-state index < -0.39 is 0 Å².